The SMILES string of the molecule is CCCNC(=O)c1cc(NC(=O)Cc2ccccc2)ccc1N(C)C. The van der Waals surface area contributed by atoms with Crippen LogP contribution in [0.5, 0.6) is 0 Å². The van der Waals surface area contributed by atoms with E-state index in [0.29, 0.717) is 24.2 Å². The van der Waals surface area contributed by atoms with Gasteiger partial charge in [-0.15, -0.1) is 0 Å². The highest BCUT2D eigenvalue weighted by Gasteiger charge is 2.14. The smallest absolute Gasteiger partial charge is 0.253 e. The van der Waals surface area contributed by atoms with Crippen molar-refractivity contribution < 1.29 is 9.59 Å². The molecule has 2 aromatic carbocycles. The topological polar surface area (TPSA) is 61.4 Å². The molecule has 2 aromatic rings. The molecule has 0 aliphatic carbocycles. The normalized spacial score (nSPS) is 10.2. The quantitative estimate of drug-likeness (QED) is 0.815. The molecular weight excluding hydrogens is 314 g/mol. The van der Waals surface area contributed by atoms with Crippen LogP contribution >= 0.6 is 0 Å². The molecule has 0 bridgehead atoms. The van der Waals surface area contributed by atoms with Crippen LogP contribution in [-0.2, 0) is 11.2 Å². The Morgan fingerprint density at radius 2 is 1.76 bits per heavy atom. The average Bonchev–Trinajstić information content (AvgIpc) is 2.60. The van der Waals surface area contributed by atoms with Gasteiger partial charge in [-0.1, -0.05) is 37.3 Å². The summed E-state index contributed by atoms with van der Waals surface area (Å²) in [5.41, 5.74) is 2.93. The summed E-state index contributed by atoms with van der Waals surface area (Å²) in [7, 11) is 3.78. The van der Waals surface area contributed by atoms with E-state index in [9.17, 15) is 9.59 Å². The minimum absolute atomic E-state index is 0.108. The van der Waals surface area contributed by atoms with Crippen LogP contribution in [0.1, 0.15) is 29.3 Å². The summed E-state index contributed by atoms with van der Waals surface area (Å²) in [5.74, 6) is -0.242. The number of nitrogens with one attached hydrogen (secondary N) is 2. The molecule has 25 heavy (non-hydrogen) atoms. The number of hydrogen-bond acceptors (Lipinski definition) is 3. The second kappa shape index (κ2) is 8.87. The van der Waals surface area contributed by atoms with Gasteiger partial charge in [0.25, 0.3) is 5.91 Å². The van der Waals surface area contributed by atoms with E-state index >= 15 is 0 Å². The maximum atomic E-state index is 12.4. The second-order valence-corrected chi connectivity index (χ2v) is 6.09. The van der Waals surface area contributed by atoms with Crippen LogP contribution in [0.25, 0.3) is 0 Å². The Bertz CT molecular complexity index is 727. The Morgan fingerprint density at radius 1 is 1.04 bits per heavy atom. The van der Waals surface area contributed by atoms with Gasteiger partial charge >= 0.3 is 0 Å². The largest absolute Gasteiger partial charge is 0.377 e. The van der Waals surface area contributed by atoms with E-state index in [4.69, 9.17) is 0 Å². The molecule has 0 radical (unpaired) electrons. The summed E-state index contributed by atoms with van der Waals surface area (Å²) >= 11 is 0. The third-order valence-electron chi connectivity index (χ3n) is 3.75. The Kier molecular flexibility index (Phi) is 6.57. The third-order valence-corrected chi connectivity index (χ3v) is 3.75. The maximum absolute atomic E-state index is 12.4. The van der Waals surface area contributed by atoms with Crippen molar-refractivity contribution in [1.82, 2.24) is 5.32 Å². The van der Waals surface area contributed by atoms with E-state index in [1.807, 2.05) is 68.4 Å². The monoisotopic (exact) mass is 339 g/mol. The molecule has 0 aromatic heterocycles. The van der Waals surface area contributed by atoms with Gasteiger partial charge in [0, 0.05) is 32.0 Å². The lowest BCUT2D eigenvalue weighted by Crippen LogP contribution is -2.26. The Labute approximate surface area is 149 Å². The van der Waals surface area contributed by atoms with Gasteiger partial charge in [-0.2, -0.15) is 0 Å². The van der Waals surface area contributed by atoms with E-state index in [1.165, 1.54) is 0 Å². The predicted octanol–water partition coefficient (Wildman–Crippen LogP) is 3.07. The van der Waals surface area contributed by atoms with Crippen LogP contribution in [0.4, 0.5) is 11.4 Å². The van der Waals surface area contributed by atoms with Gasteiger partial charge in [0.05, 0.1) is 12.0 Å². The molecule has 5 nitrogen and oxygen atoms in total. The summed E-state index contributed by atoms with van der Waals surface area (Å²) < 4.78 is 0. The second-order valence-electron chi connectivity index (χ2n) is 6.09. The molecule has 5 heteroatoms. The molecule has 2 N–H and O–H groups in total. The van der Waals surface area contributed by atoms with Crippen LogP contribution in [0.3, 0.4) is 0 Å². The van der Waals surface area contributed by atoms with Gasteiger partial charge in [0.15, 0.2) is 0 Å². The lowest BCUT2D eigenvalue weighted by molar-refractivity contribution is -0.115. The molecule has 0 aliphatic rings. The fraction of sp³-hybridized carbons (Fsp3) is 0.300. The van der Waals surface area contributed by atoms with Crippen molar-refractivity contribution in [3.63, 3.8) is 0 Å². The number of carbonyl (C=O) groups excluding carboxylic acids is 2. The van der Waals surface area contributed by atoms with Gasteiger partial charge < -0.3 is 15.5 Å². The van der Waals surface area contributed by atoms with Crippen LogP contribution in [0, 0.1) is 0 Å². The third kappa shape index (κ3) is 5.35. The zero-order valence-electron chi connectivity index (χ0n) is 15.0. The van der Waals surface area contributed by atoms with Gasteiger partial charge in [-0.3, -0.25) is 9.59 Å². The van der Waals surface area contributed by atoms with Crippen LogP contribution in [0.15, 0.2) is 48.5 Å². The highest BCUT2D eigenvalue weighted by atomic mass is 16.2. The molecule has 0 atom stereocenters. The molecule has 0 heterocycles. The fourth-order valence-electron chi connectivity index (χ4n) is 2.51. The molecular formula is C20H25N3O2. The van der Waals surface area contributed by atoms with E-state index in [1.54, 1.807) is 6.07 Å². The van der Waals surface area contributed by atoms with Gasteiger partial charge in [-0.25, -0.2) is 0 Å². The molecule has 132 valence electrons. The Balaban J connectivity index is 2.15. The van der Waals surface area contributed by atoms with Crippen molar-refractivity contribution in [2.75, 3.05) is 30.9 Å². The number of rotatable bonds is 7. The van der Waals surface area contributed by atoms with Gasteiger partial charge in [0.2, 0.25) is 5.91 Å². The minimum atomic E-state index is -0.135. The number of amides is 2. The summed E-state index contributed by atoms with van der Waals surface area (Å²) in [6.07, 6.45) is 1.17. The van der Waals surface area contributed by atoms with Gasteiger partial charge in [0.1, 0.15) is 0 Å². The summed E-state index contributed by atoms with van der Waals surface area (Å²) in [6.45, 7) is 2.63. The first kappa shape index (κ1) is 18.5. The molecule has 0 fully saturated rings. The first-order valence-electron chi connectivity index (χ1n) is 8.44. The maximum Gasteiger partial charge on any atom is 0.253 e. The molecule has 0 unspecified atom stereocenters. The number of carbonyl (C=O) groups is 2. The van der Waals surface area contributed by atoms with Crippen molar-refractivity contribution in [1.29, 1.82) is 0 Å². The first-order valence-corrected chi connectivity index (χ1v) is 8.44. The zero-order chi connectivity index (χ0) is 18.2. The minimum Gasteiger partial charge on any atom is -0.377 e. The first-order chi connectivity index (χ1) is 12.0. The van der Waals surface area contributed by atoms with E-state index in [-0.39, 0.29) is 11.8 Å². The van der Waals surface area contributed by atoms with Crippen molar-refractivity contribution >= 4 is 23.2 Å². The van der Waals surface area contributed by atoms with E-state index < -0.39 is 0 Å². The highest BCUT2D eigenvalue weighted by Crippen LogP contribution is 2.23. The van der Waals surface area contributed by atoms with Crippen LogP contribution in [-0.4, -0.2) is 32.5 Å². The predicted molar refractivity (Wildman–Crippen MR) is 102 cm³/mol. The average molecular weight is 339 g/mol. The summed E-state index contributed by atoms with van der Waals surface area (Å²) in [4.78, 5) is 26.5. The van der Waals surface area contributed by atoms with Crippen molar-refractivity contribution in [2.45, 2.75) is 19.8 Å². The molecule has 0 spiro atoms. The number of hydrogen-bond donors (Lipinski definition) is 2. The number of anilines is 2. The van der Waals surface area contributed by atoms with Crippen LogP contribution < -0.4 is 15.5 Å². The van der Waals surface area contributed by atoms with Crippen LogP contribution in [0.2, 0.25) is 0 Å². The molecule has 2 amide bonds. The highest BCUT2D eigenvalue weighted by molar-refractivity contribution is 6.02. The molecule has 0 aliphatic heterocycles. The summed E-state index contributed by atoms with van der Waals surface area (Å²) in [6, 6.07) is 15.0. The number of nitrogens with zero attached hydrogens (tertiary/aromatic N) is 1. The van der Waals surface area contributed by atoms with Crippen molar-refractivity contribution in [3.8, 4) is 0 Å². The molecule has 0 saturated carbocycles. The zero-order valence-corrected chi connectivity index (χ0v) is 15.0. The lowest BCUT2D eigenvalue weighted by atomic mass is 10.1. The fourth-order valence-corrected chi connectivity index (χ4v) is 2.51. The Morgan fingerprint density at radius 3 is 2.40 bits per heavy atom. The summed E-state index contributed by atoms with van der Waals surface area (Å²) in [5, 5.41) is 5.76. The number of benzene rings is 2. The Hall–Kier alpha value is -2.82. The van der Waals surface area contributed by atoms with Gasteiger partial charge in [-0.05, 0) is 30.2 Å². The lowest BCUT2D eigenvalue weighted by Gasteiger charge is -2.18. The van der Waals surface area contributed by atoms with E-state index in [2.05, 4.69) is 10.6 Å². The van der Waals surface area contributed by atoms with E-state index in [0.717, 1.165) is 17.7 Å². The van der Waals surface area contributed by atoms with Crippen molar-refractivity contribution in [3.05, 3.63) is 59.7 Å². The standard InChI is InChI=1S/C20H25N3O2/c1-4-12-21-20(25)17-14-16(10-11-18(17)23(2)3)22-19(24)13-15-8-6-5-7-9-15/h5-11,14H,4,12-13H2,1-3H3,(H,21,25)(H,22,24). The van der Waals surface area contributed by atoms with Crippen molar-refractivity contribution in [2.24, 2.45) is 0 Å². The molecule has 0 saturated heterocycles. The molecule has 2 rings (SSSR count).